The Morgan fingerprint density at radius 2 is 2.00 bits per heavy atom. The van der Waals surface area contributed by atoms with E-state index in [0.29, 0.717) is 0 Å². The highest BCUT2D eigenvalue weighted by atomic mass is 16.5. The van der Waals surface area contributed by atoms with Crippen LogP contribution >= 0.6 is 0 Å². The number of aromatic nitrogens is 1. The van der Waals surface area contributed by atoms with Gasteiger partial charge in [-0.1, -0.05) is 0 Å². The van der Waals surface area contributed by atoms with Crippen LogP contribution in [-0.4, -0.2) is 41.8 Å². The SMILES string of the molecule is CC(=O)Oc1ccc(C(=O)N(C)C)cc1C(=O)Nc1nc(N)co1. The van der Waals surface area contributed by atoms with Crippen LogP contribution in [0.25, 0.3) is 0 Å². The predicted molar refractivity (Wildman–Crippen MR) is 84.6 cm³/mol. The number of anilines is 2. The van der Waals surface area contributed by atoms with Gasteiger partial charge in [0.25, 0.3) is 11.8 Å². The lowest BCUT2D eigenvalue weighted by Gasteiger charge is -2.13. The molecule has 2 amide bonds. The number of oxazole rings is 1. The summed E-state index contributed by atoms with van der Waals surface area (Å²) in [6, 6.07) is 4.04. The summed E-state index contributed by atoms with van der Waals surface area (Å²) in [5, 5.41) is 2.38. The summed E-state index contributed by atoms with van der Waals surface area (Å²) in [6.45, 7) is 1.20. The molecule has 0 saturated heterocycles. The molecule has 1 aromatic carbocycles. The Kier molecular flexibility index (Phi) is 4.83. The zero-order valence-corrected chi connectivity index (χ0v) is 13.3. The van der Waals surface area contributed by atoms with Crippen LogP contribution in [0.5, 0.6) is 5.75 Å². The summed E-state index contributed by atoms with van der Waals surface area (Å²) >= 11 is 0. The molecule has 9 nitrogen and oxygen atoms in total. The smallest absolute Gasteiger partial charge is 0.308 e. The van der Waals surface area contributed by atoms with Gasteiger partial charge in [-0.3, -0.25) is 19.7 Å². The third-order valence-electron chi connectivity index (χ3n) is 2.87. The Morgan fingerprint density at radius 3 is 2.54 bits per heavy atom. The number of carbonyl (C=O) groups is 3. The van der Waals surface area contributed by atoms with Crippen molar-refractivity contribution in [2.24, 2.45) is 0 Å². The van der Waals surface area contributed by atoms with E-state index in [4.69, 9.17) is 14.9 Å². The van der Waals surface area contributed by atoms with E-state index < -0.39 is 11.9 Å². The molecule has 0 radical (unpaired) electrons. The van der Waals surface area contributed by atoms with Crippen molar-refractivity contribution in [2.75, 3.05) is 25.1 Å². The fourth-order valence-corrected chi connectivity index (χ4v) is 1.85. The molecule has 0 aliphatic carbocycles. The zero-order valence-electron chi connectivity index (χ0n) is 13.3. The highest BCUT2D eigenvalue weighted by Crippen LogP contribution is 2.23. The minimum Gasteiger partial charge on any atom is -0.430 e. The second-order valence-corrected chi connectivity index (χ2v) is 5.04. The maximum absolute atomic E-state index is 12.4. The van der Waals surface area contributed by atoms with Gasteiger partial charge in [0.15, 0.2) is 5.82 Å². The van der Waals surface area contributed by atoms with Gasteiger partial charge in [0.1, 0.15) is 12.0 Å². The number of nitrogens with zero attached hydrogens (tertiary/aromatic N) is 2. The Balaban J connectivity index is 2.38. The maximum Gasteiger partial charge on any atom is 0.308 e. The third kappa shape index (κ3) is 3.88. The molecule has 1 heterocycles. The quantitative estimate of drug-likeness (QED) is 0.634. The maximum atomic E-state index is 12.4. The number of rotatable bonds is 4. The molecule has 2 rings (SSSR count). The van der Waals surface area contributed by atoms with Crippen molar-refractivity contribution in [1.82, 2.24) is 9.88 Å². The second kappa shape index (κ2) is 6.82. The molecule has 0 bridgehead atoms. The van der Waals surface area contributed by atoms with E-state index >= 15 is 0 Å². The topological polar surface area (TPSA) is 128 Å². The Labute approximate surface area is 137 Å². The Bertz CT molecular complexity index is 797. The van der Waals surface area contributed by atoms with Gasteiger partial charge in [0, 0.05) is 26.6 Å². The summed E-state index contributed by atoms with van der Waals surface area (Å²) in [6.07, 6.45) is 1.16. The number of hydrogen-bond donors (Lipinski definition) is 2. The number of hydrogen-bond acceptors (Lipinski definition) is 7. The van der Waals surface area contributed by atoms with Gasteiger partial charge in [-0.25, -0.2) is 0 Å². The van der Waals surface area contributed by atoms with E-state index in [1.54, 1.807) is 14.1 Å². The number of benzene rings is 1. The average molecular weight is 332 g/mol. The number of ether oxygens (including phenoxy) is 1. The normalized spacial score (nSPS) is 10.1. The summed E-state index contributed by atoms with van der Waals surface area (Å²) in [5.74, 6) is -1.46. The highest BCUT2D eigenvalue weighted by Gasteiger charge is 2.19. The fraction of sp³-hybridized carbons (Fsp3) is 0.200. The van der Waals surface area contributed by atoms with E-state index in [9.17, 15) is 14.4 Å². The molecule has 126 valence electrons. The van der Waals surface area contributed by atoms with E-state index in [1.165, 1.54) is 30.0 Å². The lowest BCUT2D eigenvalue weighted by molar-refractivity contribution is -0.131. The number of nitrogen functional groups attached to an aromatic ring is 1. The van der Waals surface area contributed by atoms with Crippen molar-refractivity contribution in [3.63, 3.8) is 0 Å². The van der Waals surface area contributed by atoms with Gasteiger partial charge >= 0.3 is 12.0 Å². The molecule has 0 saturated carbocycles. The summed E-state index contributed by atoms with van der Waals surface area (Å²) in [7, 11) is 3.16. The van der Waals surface area contributed by atoms with Crippen molar-refractivity contribution in [2.45, 2.75) is 6.92 Å². The van der Waals surface area contributed by atoms with Gasteiger partial charge in [-0.05, 0) is 18.2 Å². The minimum atomic E-state index is -0.665. The van der Waals surface area contributed by atoms with Gasteiger partial charge in [-0.2, -0.15) is 4.98 Å². The van der Waals surface area contributed by atoms with Crippen LogP contribution < -0.4 is 15.8 Å². The van der Waals surface area contributed by atoms with Crippen LogP contribution in [0.15, 0.2) is 28.9 Å². The molecule has 0 spiro atoms. The van der Waals surface area contributed by atoms with Crippen molar-refractivity contribution >= 4 is 29.6 Å². The minimum absolute atomic E-state index is 0.00911. The van der Waals surface area contributed by atoms with Crippen molar-refractivity contribution in [1.29, 1.82) is 0 Å². The highest BCUT2D eigenvalue weighted by molar-refractivity contribution is 6.07. The average Bonchev–Trinajstić information content (AvgIpc) is 2.91. The first-order valence-corrected chi connectivity index (χ1v) is 6.84. The van der Waals surface area contributed by atoms with Crippen molar-refractivity contribution in [3.8, 4) is 5.75 Å². The molecular weight excluding hydrogens is 316 g/mol. The number of esters is 1. The number of amides is 2. The van der Waals surface area contributed by atoms with Crippen LogP contribution in [0.2, 0.25) is 0 Å². The largest absolute Gasteiger partial charge is 0.430 e. The van der Waals surface area contributed by atoms with Gasteiger partial charge in [0.05, 0.1) is 5.56 Å². The van der Waals surface area contributed by atoms with Crippen molar-refractivity contribution in [3.05, 3.63) is 35.6 Å². The van der Waals surface area contributed by atoms with Crippen molar-refractivity contribution < 1.29 is 23.5 Å². The monoisotopic (exact) mass is 332 g/mol. The number of carbonyl (C=O) groups excluding carboxylic acids is 3. The second-order valence-electron chi connectivity index (χ2n) is 5.04. The molecule has 0 unspecified atom stereocenters. The molecule has 0 aliphatic rings. The fourth-order valence-electron chi connectivity index (χ4n) is 1.85. The molecule has 24 heavy (non-hydrogen) atoms. The lowest BCUT2D eigenvalue weighted by atomic mass is 10.1. The standard InChI is InChI=1S/C15H16N4O5/c1-8(20)24-11-5-4-9(14(22)19(2)3)6-10(11)13(21)18-15-17-12(16)7-23-15/h4-7H,16H2,1-3H3,(H,17,18,21). The molecular formula is C15H16N4O5. The zero-order chi connectivity index (χ0) is 17.9. The van der Waals surface area contributed by atoms with Crippen LogP contribution in [0.4, 0.5) is 11.8 Å². The van der Waals surface area contributed by atoms with E-state index in [2.05, 4.69) is 10.3 Å². The van der Waals surface area contributed by atoms with Crippen LogP contribution in [0, 0.1) is 0 Å². The summed E-state index contributed by atoms with van der Waals surface area (Å²) in [4.78, 5) is 40.8. The molecule has 1 aromatic heterocycles. The summed E-state index contributed by atoms with van der Waals surface area (Å²) < 4.78 is 9.95. The molecule has 3 N–H and O–H groups in total. The molecule has 2 aromatic rings. The molecule has 9 heteroatoms. The third-order valence-corrected chi connectivity index (χ3v) is 2.87. The number of nitrogens with one attached hydrogen (secondary N) is 1. The Hall–Kier alpha value is -3.36. The van der Waals surface area contributed by atoms with Crippen LogP contribution in [0.1, 0.15) is 27.6 Å². The van der Waals surface area contributed by atoms with E-state index in [1.807, 2.05) is 0 Å². The predicted octanol–water partition coefficient (Wildman–Crippen LogP) is 1.14. The first-order valence-electron chi connectivity index (χ1n) is 6.84. The Morgan fingerprint density at radius 1 is 1.29 bits per heavy atom. The van der Waals surface area contributed by atoms with Gasteiger partial charge in [0.2, 0.25) is 0 Å². The van der Waals surface area contributed by atoms with Gasteiger partial charge in [-0.15, -0.1) is 0 Å². The first-order chi connectivity index (χ1) is 11.3. The van der Waals surface area contributed by atoms with E-state index in [0.717, 1.165) is 6.26 Å². The van der Waals surface area contributed by atoms with Crippen LogP contribution in [0.3, 0.4) is 0 Å². The lowest BCUT2D eigenvalue weighted by Crippen LogP contribution is -2.23. The molecule has 0 atom stereocenters. The molecule has 0 fully saturated rings. The van der Waals surface area contributed by atoms with Gasteiger partial charge < -0.3 is 19.8 Å². The first kappa shape index (κ1) is 17.0. The summed E-state index contributed by atoms with van der Waals surface area (Å²) in [5.41, 5.74) is 5.65. The number of nitrogens with two attached hydrogens (primary N) is 1. The van der Waals surface area contributed by atoms with E-state index in [-0.39, 0.29) is 34.6 Å². The molecule has 0 aliphatic heterocycles. The van der Waals surface area contributed by atoms with Crippen LogP contribution in [-0.2, 0) is 4.79 Å².